The van der Waals surface area contributed by atoms with Crippen LogP contribution in [0.2, 0.25) is 5.02 Å². The van der Waals surface area contributed by atoms with Crippen LogP contribution in [0.1, 0.15) is 13.3 Å². The fraction of sp³-hybridized carbons (Fsp3) is 0.545. The molecule has 2 rings (SSSR count). The molecule has 16 heavy (non-hydrogen) atoms. The summed E-state index contributed by atoms with van der Waals surface area (Å²) in [6.07, 6.45) is 4.39. The molecule has 0 saturated heterocycles. The van der Waals surface area contributed by atoms with E-state index in [4.69, 9.17) is 21.1 Å². The molecule has 88 valence electrons. The topological polar surface area (TPSA) is 31.4 Å². The highest BCUT2D eigenvalue weighted by molar-refractivity contribution is 9.09. The van der Waals surface area contributed by atoms with E-state index in [0.29, 0.717) is 22.2 Å². The number of pyridine rings is 1. The van der Waals surface area contributed by atoms with E-state index in [1.165, 1.54) is 0 Å². The molecule has 0 N–H and O–H groups in total. The minimum absolute atomic E-state index is 0.0876. The minimum atomic E-state index is 0.0876. The molecule has 0 aromatic carbocycles. The Balaban J connectivity index is 1.95. The van der Waals surface area contributed by atoms with Crippen LogP contribution in [0.4, 0.5) is 0 Å². The van der Waals surface area contributed by atoms with Crippen LogP contribution in [0.25, 0.3) is 0 Å². The molecule has 0 bridgehead atoms. The van der Waals surface area contributed by atoms with Crippen LogP contribution in [-0.2, 0) is 4.74 Å². The van der Waals surface area contributed by atoms with Gasteiger partial charge < -0.3 is 9.47 Å². The van der Waals surface area contributed by atoms with Crippen molar-refractivity contribution in [1.82, 2.24) is 4.98 Å². The first kappa shape index (κ1) is 12.1. The van der Waals surface area contributed by atoms with Crippen molar-refractivity contribution in [3.05, 3.63) is 23.5 Å². The van der Waals surface area contributed by atoms with Crippen LogP contribution in [0, 0.1) is 0 Å². The van der Waals surface area contributed by atoms with Crippen LogP contribution in [-0.4, -0.2) is 28.6 Å². The van der Waals surface area contributed by atoms with Gasteiger partial charge in [-0.15, -0.1) is 0 Å². The van der Waals surface area contributed by atoms with Crippen molar-refractivity contribution in [3.8, 4) is 5.75 Å². The van der Waals surface area contributed by atoms with E-state index in [0.717, 1.165) is 6.42 Å². The van der Waals surface area contributed by atoms with Gasteiger partial charge in [0.1, 0.15) is 18.0 Å². The Bertz CT molecular complexity index is 364. The predicted molar refractivity (Wildman–Crippen MR) is 66.4 cm³/mol. The van der Waals surface area contributed by atoms with Gasteiger partial charge >= 0.3 is 0 Å². The van der Waals surface area contributed by atoms with Crippen molar-refractivity contribution in [1.29, 1.82) is 0 Å². The number of nitrogens with zero attached hydrogens (tertiary/aromatic N) is 1. The molecule has 3 unspecified atom stereocenters. The molecule has 3 atom stereocenters. The van der Waals surface area contributed by atoms with Crippen LogP contribution in [0.3, 0.4) is 0 Å². The molecular weight excluding hydrogens is 293 g/mol. The summed E-state index contributed by atoms with van der Waals surface area (Å²) in [7, 11) is 0. The van der Waals surface area contributed by atoms with E-state index in [1.807, 2.05) is 6.92 Å². The highest BCUT2D eigenvalue weighted by atomic mass is 79.9. The summed E-state index contributed by atoms with van der Waals surface area (Å²) in [5.74, 6) is 0.696. The third-order valence-electron chi connectivity index (χ3n) is 2.51. The molecule has 1 aliphatic rings. The van der Waals surface area contributed by atoms with Crippen molar-refractivity contribution in [3.63, 3.8) is 0 Å². The molecule has 1 saturated carbocycles. The third-order valence-corrected chi connectivity index (χ3v) is 3.61. The van der Waals surface area contributed by atoms with Crippen LogP contribution < -0.4 is 4.74 Å². The third kappa shape index (κ3) is 2.67. The molecule has 3 nitrogen and oxygen atoms in total. The number of alkyl halides is 1. The zero-order valence-electron chi connectivity index (χ0n) is 8.90. The van der Waals surface area contributed by atoms with E-state index in [9.17, 15) is 0 Å². The molecule has 0 spiro atoms. The summed E-state index contributed by atoms with van der Waals surface area (Å²) < 4.78 is 11.3. The van der Waals surface area contributed by atoms with Crippen LogP contribution in [0.15, 0.2) is 18.5 Å². The maximum absolute atomic E-state index is 5.83. The fourth-order valence-electron chi connectivity index (χ4n) is 1.68. The Labute approximate surface area is 108 Å². The zero-order valence-corrected chi connectivity index (χ0v) is 11.2. The molecular formula is C11H13BrClNO2. The van der Waals surface area contributed by atoms with Gasteiger partial charge in [0.15, 0.2) is 0 Å². The van der Waals surface area contributed by atoms with Gasteiger partial charge in [-0.25, -0.2) is 0 Å². The average Bonchev–Trinajstić information content (AvgIpc) is 2.26. The monoisotopic (exact) mass is 305 g/mol. The molecule has 0 radical (unpaired) electrons. The van der Waals surface area contributed by atoms with Crippen molar-refractivity contribution in [2.75, 3.05) is 6.61 Å². The summed E-state index contributed by atoms with van der Waals surface area (Å²) in [5, 5.41) is 0.583. The first-order valence-corrected chi connectivity index (χ1v) is 6.53. The standard InChI is InChI=1S/C11H13BrClNO2/c1-2-15-11-9(12)4-10(11)16-8-3-7(13)5-14-6-8/h3,5-6,9-11H,2,4H2,1H3. The summed E-state index contributed by atoms with van der Waals surface area (Å²) in [6.45, 7) is 2.68. The number of hydrogen-bond acceptors (Lipinski definition) is 3. The minimum Gasteiger partial charge on any atom is -0.486 e. The molecule has 5 heteroatoms. The highest BCUT2D eigenvalue weighted by Gasteiger charge is 2.42. The van der Waals surface area contributed by atoms with Gasteiger partial charge in [-0.05, 0) is 6.92 Å². The fourth-order valence-corrected chi connectivity index (χ4v) is 2.70. The SMILES string of the molecule is CCOC1C(Br)CC1Oc1cncc(Cl)c1. The number of aromatic nitrogens is 1. The lowest BCUT2D eigenvalue weighted by Gasteiger charge is -2.40. The summed E-state index contributed by atoms with van der Waals surface area (Å²) in [6, 6.07) is 1.76. The number of halogens is 2. The van der Waals surface area contributed by atoms with Crippen LogP contribution >= 0.6 is 27.5 Å². The van der Waals surface area contributed by atoms with Crippen molar-refractivity contribution < 1.29 is 9.47 Å². The molecule has 1 aliphatic carbocycles. The smallest absolute Gasteiger partial charge is 0.139 e. The average molecular weight is 307 g/mol. The number of rotatable bonds is 4. The predicted octanol–water partition coefficient (Wildman–Crippen LogP) is 3.05. The summed E-state index contributed by atoms with van der Waals surface area (Å²) in [4.78, 5) is 4.36. The lowest BCUT2D eigenvalue weighted by Crippen LogP contribution is -2.52. The Hall–Kier alpha value is -0.320. The van der Waals surface area contributed by atoms with Gasteiger partial charge in [0.25, 0.3) is 0 Å². The largest absolute Gasteiger partial charge is 0.486 e. The molecule has 0 amide bonds. The first-order valence-electron chi connectivity index (χ1n) is 5.23. The van der Waals surface area contributed by atoms with Gasteiger partial charge in [0, 0.05) is 30.1 Å². The van der Waals surface area contributed by atoms with Crippen molar-refractivity contribution >= 4 is 27.5 Å². The Morgan fingerprint density at radius 3 is 3.00 bits per heavy atom. The Kier molecular flexibility index (Phi) is 4.05. The second-order valence-corrected chi connectivity index (χ2v) is 5.28. The van der Waals surface area contributed by atoms with Crippen LogP contribution in [0.5, 0.6) is 5.75 Å². The second-order valence-electron chi connectivity index (χ2n) is 3.67. The molecule has 1 fully saturated rings. The van der Waals surface area contributed by atoms with Gasteiger partial charge in [0.2, 0.25) is 0 Å². The maximum atomic E-state index is 5.83. The van der Waals surface area contributed by atoms with Crippen molar-refractivity contribution in [2.45, 2.75) is 30.4 Å². The van der Waals surface area contributed by atoms with E-state index in [-0.39, 0.29) is 12.2 Å². The summed E-state index contributed by atoms with van der Waals surface area (Å²) >= 11 is 9.38. The normalized spacial score (nSPS) is 28.6. The zero-order chi connectivity index (χ0) is 11.5. The van der Waals surface area contributed by atoms with Gasteiger partial charge in [-0.2, -0.15) is 0 Å². The van der Waals surface area contributed by atoms with Gasteiger partial charge in [-0.1, -0.05) is 27.5 Å². The quantitative estimate of drug-likeness (QED) is 0.801. The van der Waals surface area contributed by atoms with Gasteiger partial charge in [0.05, 0.1) is 11.2 Å². The van der Waals surface area contributed by atoms with Gasteiger partial charge in [-0.3, -0.25) is 4.98 Å². The van der Waals surface area contributed by atoms with Crippen molar-refractivity contribution in [2.24, 2.45) is 0 Å². The lowest BCUT2D eigenvalue weighted by atomic mass is 9.91. The van der Waals surface area contributed by atoms with E-state index >= 15 is 0 Å². The lowest BCUT2D eigenvalue weighted by molar-refractivity contribution is -0.0724. The van der Waals surface area contributed by atoms with E-state index < -0.39 is 0 Å². The Morgan fingerprint density at radius 2 is 2.38 bits per heavy atom. The molecule has 1 aromatic rings. The molecule has 1 aromatic heterocycles. The van der Waals surface area contributed by atoms with E-state index in [1.54, 1.807) is 18.5 Å². The molecule has 0 aliphatic heterocycles. The highest BCUT2D eigenvalue weighted by Crippen LogP contribution is 2.34. The summed E-state index contributed by atoms with van der Waals surface area (Å²) in [5.41, 5.74) is 0. The number of ether oxygens (including phenoxy) is 2. The first-order chi connectivity index (χ1) is 7.70. The molecule has 1 heterocycles. The number of hydrogen-bond donors (Lipinski definition) is 0. The maximum Gasteiger partial charge on any atom is 0.139 e. The second kappa shape index (κ2) is 5.34. The van der Waals surface area contributed by atoms with E-state index in [2.05, 4.69) is 20.9 Å². The Morgan fingerprint density at radius 1 is 1.56 bits per heavy atom.